The van der Waals surface area contributed by atoms with E-state index in [-0.39, 0.29) is 24.3 Å². The van der Waals surface area contributed by atoms with E-state index in [4.69, 9.17) is 0 Å². The molecule has 0 saturated carbocycles. The lowest BCUT2D eigenvalue weighted by Crippen LogP contribution is -2.48. The number of nitrogens with one attached hydrogen (secondary N) is 2. The highest BCUT2D eigenvalue weighted by molar-refractivity contribution is 6.22. The van der Waals surface area contributed by atoms with Gasteiger partial charge in [0.25, 0.3) is 17.7 Å². The maximum absolute atomic E-state index is 12.7. The Morgan fingerprint density at radius 3 is 2.46 bits per heavy atom. The number of benzene rings is 2. The fourth-order valence-electron chi connectivity index (χ4n) is 3.17. The number of carbonyl (C=O) groups is 3. The van der Waals surface area contributed by atoms with Gasteiger partial charge in [0.15, 0.2) is 0 Å². The highest BCUT2D eigenvalue weighted by Crippen LogP contribution is 2.25. The van der Waals surface area contributed by atoms with E-state index in [0.29, 0.717) is 29.2 Å². The molecule has 0 aromatic heterocycles. The van der Waals surface area contributed by atoms with Gasteiger partial charge in [-0.2, -0.15) is 0 Å². The maximum atomic E-state index is 12.7. The molecule has 3 amide bonds. The van der Waals surface area contributed by atoms with Crippen molar-refractivity contribution in [2.45, 2.75) is 6.54 Å². The Balaban J connectivity index is 1.51. The minimum absolute atomic E-state index is 0.221. The van der Waals surface area contributed by atoms with E-state index in [1.165, 1.54) is 11.0 Å². The average molecular weight is 349 g/mol. The monoisotopic (exact) mass is 349 g/mol. The lowest BCUT2D eigenvalue weighted by molar-refractivity contribution is 0.0642. The summed E-state index contributed by atoms with van der Waals surface area (Å²) >= 11 is 0. The normalized spacial score (nSPS) is 16.4. The van der Waals surface area contributed by atoms with Crippen LogP contribution in [0.3, 0.4) is 0 Å². The number of imide groups is 1. The summed E-state index contributed by atoms with van der Waals surface area (Å²) in [5.41, 5.74) is 1.93. The summed E-state index contributed by atoms with van der Waals surface area (Å²) in [5, 5.41) is 6.04. The van der Waals surface area contributed by atoms with Crippen molar-refractivity contribution in [3.8, 4) is 0 Å². The predicted molar refractivity (Wildman–Crippen MR) is 95.8 cm³/mol. The zero-order valence-electron chi connectivity index (χ0n) is 14.2. The summed E-state index contributed by atoms with van der Waals surface area (Å²) < 4.78 is 0. The second-order valence-corrected chi connectivity index (χ2v) is 6.68. The number of fused-ring (bicyclic) bond motifs is 1. The highest BCUT2D eigenvalue weighted by Gasteiger charge is 2.36. The fraction of sp³-hybridized carbons (Fsp3) is 0.250. The Labute approximate surface area is 151 Å². The minimum atomic E-state index is -0.355. The number of amides is 3. The number of hydrogen-bond acceptors (Lipinski definition) is 4. The van der Waals surface area contributed by atoms with Crippen LogP contribution in [-0.2, 0) is 6.54 Å². The van der Waals surface area contributed by atoms with Gasteiger partial charge in [-0.1, -0.05) is 30.3 Å². The summed E-state index contributed by atoms with van der Waals surface area (Å²) in [7, 11) is 0. The summed E-state index contributed by atoms with van der Waals surface area (Å²) in [6.07, 6.45) is 0. The lowest BCUT2D eigenvalue weighted by atomic mass is 10.0. The third kappa shape index (κ3) is 2.99. The van der Waals surface area contributed by atoms with E-state index in [9.17, 15) is 14.4 Å². The molecule has 0 aliphatic carbocycles. The summed E-state index contributed by atoms with van der Waals surface area (Å²) in [5.74, 6) is -0.438. The SMILES string of the molecule is O=C(NCC1CNC1)c1ccc2c(c1)C(=O)N(Cc1ccccc1)C2=O. The maximum Gasteiger partial charge on any atom is 0.261 e. The zero-order valence-corrected chi connectivity index (χ0v) is 14.2. The first kappa shape index (κ1) is 16.5. The average Bonchev–Trinajstić information content (AvgIpc) is 2.86. The van der Waals surface area contributed by atoms with Crippen molar-refractivity contribution >= 4 is 17.7 Å². The highest BCUT2D eigenvalue weighted by atomic mass is 16.2. The first-order valence-corrected chi connectivity index (χ1v) is 8.66. The van der Waals surface area contributed by atoms with E-state index in [1.54, 1.807) is 12.1 Å². The molecule has 6 nitrogen and oxygen atoms in total. The minimum Gasteiger partial charge on any atom is -0.352 e. The Morgan fingerprint density at radius 2 is 1.77 bits per heavy atom. The zero-order chi connectivity index (χ0) is 18.1. The van der Waals surface area contributed by atoms with Crippen LogP contribution in [0.1, 0.15) is 36.6 Å². The van der Waals surface area contributed by atoms with Crippen molar-refractivity contribution in [3.63, 3.8) is 0 Å². The topological polar surface area (TPSA) is 78.5 Å². The molecule has 0 radical (unpaired) electrons. The quantitative estimate of drug-likeness (QED) is 0.801. The molecule has 1 saturated heterocycles. The molecular formula is C20H19N3O3. The standard InChI is InChI=1S/C20H19N3O3/c24-18(22-11-14-9-21-10-14)15-6-7-16-17(8-15)20(26)23(19(16)25)12-13-4-2-1-3-5-13/h1-8,14,21H,9-12H2,(H,22,24). The van der Waals surface area contributed by atoms with E-state index < -0.39 is 0 Å². The molecule has 0 atom stereocenters. The molecule has 2 N–H and O–H groups in total. The smallest absolute Gasteiger partial charge is 0.261 e. The Bertz CT molecular complexity index is 875. The molecule has 132 valence electrons. The van der Waals surface area contributed by atoms with E-state index in [2.05, 4.69) is 10.6 Å². The molecule has 0 spiro atoms. The van der Waals surface area contributed by atoms with Crippen LogP contribution in [0.2, 0.25) is 0 Å². The molecule has 0 unspecified atom stereocenters. The van der Waals surface area contributed by atoms with Gasteiger partial charge >= 0.3 is 0 Å². The fourth-order valence-corrected chi connectivity index (χ4v) is 3.17. The molecule has 2 heterocycles. The molecule has 4 rings (SSSR count). The molecule has 2 aliphatic rings. The van der Waals surface area contributed by atoms with Crippen molar-refractivity contribution in [1.82, 2.24) is 15.5 Å². The Kier molecular flexibility index (Phi) is 4.26. The third-order valence-electron chi connectivity index (χ3n) is 4.83. The van der Waals surface area contributed by atoms with Gasteiger partial charge in [-0.15, -0.1) is 0 Å². The molecule has 2 aromatic rings. The van der Waals surface area contributed by atoms with Crippen LogP contribution in [-0.4, -0.2) is 42.3 Å². The first-order chi connectivity index (χ1) is 12.6. The van der Waals surface area contributed by atoms with Crippen molar-refractivity contribution in [2.24, 2.45) is 5.92 Å². The van der Waals surface area contributed by atoms with Crippen molar-refractivity contribution in [3.05, 3.63) is 70.8 Å². The van der Waals surface area contributed by atoms with Crippen LogP contribution in [0, 0.1) is 5.92 Å². The number of nitrogens with zero attached hydrogens (tertiary/aromatic N) is 1. The van der Waals surface area contributed by atoms with Gasteiger partial charge in [0, 0.05) is 31.1 Å². The van der Waals surface area contributed by atoms with Crippen LogP contribution < -0.4 is 10.6 Å². The molecule has 0 bridgehead atoms. The van der Waals surface area contributed by atoms with Gasteiger partial charge in [0.1, 0.15) is 0 Å². The number of rotatable bonds is 5. The van der Waals surface area contributed by atoms with Gasteiger partial charge in [-0.3, -0.25) is 19.3 Å². The molecule has 1 fully saturated rings. The lowest BCUT2D eigenvalue weighted by Gasteiger charge is -2.27. The van der Waals surface area contributed by atoms with E-state index in [0.717, 1.165) is 18.7 Å². The molecule has 6 heteroatoms. The molecule has 26 heavy (non-hydrogen) atoms. The number of hydrogen-bond donors (Lipinski definition) is 2. The second kappa shape index (κ2) is 6.72. The van der Waals surface area contributed by atoms with Crippen molar-refractivity contribution < 1.29 is 14.4 Å². The van der Waals surface area contributed by atoms with Crippen LogP contribution in [0.4, 0.5) is 0 Å². The van der Waals surface area contributed by atoms with Crippen LogP contribution in [0.25, 0.3) is 0 Å². The Morgan fingerprint density at radius 1 is 1.04 bits per heavy atom. The summed E-state index contributed by atoms with van der Waals surface area (Å²) in [4.78, 5) is 38.8. The first-order valence-electron chi connectivity index (χ1n) is 8.66. The molecule has 2 aromatic carbocycles. The molecule has 2 aliphatic heterocycles. The third-order valence-corrected chi connectivity index (χ3v) is 4.83. The second-order valence-electron chi connectivity index (χ2n) is 6.68. The van der Waals surface area contributed by atoms with E-state index in [1.807, 2.05) is 30.3 Å². The van der Waals surface area contributed by atoms with Gasteiger partial charge in [0.2, 0.25) is 0 Å². The van der Waals surface area contributed by atoms with Gasteiger partial charge < -0.3 is 10.6 Å². The van der Waals surface area contributed by atoms with Gasteiger partial charge in [-0.05, 0) is 23.8 Å². The molecular weight excluding hydrogens is 330 g/mol. The number of carbonyl (C=O) groups excluding carboxylic acids is 3. The van der Waals surface area contributed by atoms with E-state index >= 15 is 0 Å². The van der Waals surface area contributed by atoms with Crippen molar-refractivity contribution in [2.75, 3.05) is 19.6 Å². The van der Waals surface area contributed by atoms with Crippen molar-refractivity contribution in [1.29, 1.82) is 0 Å². The largest absolute Gasteiger partial charge is 0.352 e. The van der Waals surface area contributed by atoms with Gasteiger partial charge in [-0.25, -0.2) is 0 Å². The van der Waals surface area contributed by atoms with Gasteiger partial charge in [0.05, 0.1) is 17.7 Å². The summed E-state index contributed by atoms with van der Waals surface area (Å²) in [6.45, 7) is 2.65. The van der Waals surface area contributed by atoms with Crippen LogP contribution in [0.5, 0.6) is 0 Å². The Hall–Kier alpha value is -2.99. The summed E-state index contributed by atoms with van der Waals surface area (Å²) in [6, 6.07) is 14.1. The van der Waals surface area contributed by atoms with Crippen LogP contribution >= 0.6 is 0 Å². The predicted octanol–water partition coefficient (Wildman–Crippen LogP) is 1.43. The van der Waals surface area contributed by atoms with Crippen LogP contribution in [0.15, 0.2) is 48.5 Å².